The first-order valence-electron chi connectivity index (χ1n) is 15.0. The molecular formula is C38H43N3. The second kappa shape index (κ2) is 11.9. The summed E-state index contributed by atoms with van der Waals surface area (Å²) in [5, 5.41) is 5.80. The van der Waals surface area contributed by atoms with Crippen LogP contribution in [0.5, 0.6) is 0 Å². The molecule has 2 aromatic heterocycles. The van der Waals surface area contributed by atoms with Crippen molar-refractivity contribution >= 4 is 22.4 Å². The van der Waals surface area contributed by atoms with Crippen molar-refractivity contribution in [3.05, 3.63) is 107 Å². The summed E-state index contributed by atoms with van der Waals surface area (Å²) in [7, 11) is 0. The molecule has 210 valence electrons. The SMILES string of the molecule is CC(C)c1cccc(C(C)C)c1-c1ccnc(Nc2nccc3cc(-c4c(C(C)C)cccc4C(C)C)ccc23)c1. The van der Waals surface area contributed by atoms with Crippen LogP contribution in [0.1, 0.15) is 101 Å². The predicted octanol–water partition coefficient (Wildman–Crippen LogP) is 11.2. The number of rotatable bonds is 8. The molecule has 0 aliphatic carbocycles. The van der Waals surface area contributed by atoms with Crippen LogP contribution >= 0.6 is 0 Å². The van der Waals surface area contributed by atoms with Crippen molar-refractivity contribution < 1.29 is 0 Å². The minimum Gasteiger partial charge on any atom is -0.324 e. The van der Waals surface area contributed by atoms with E-state index in [1.54, 1.807) is 0 Å². The zero-order valence-electron chi connectivity index (χ0n) is 25.8. The molecule has 0 atom stereocenters. The Labute approximate surface area is 246 Å². The fourth-order valence-electron chi connectivity index (χ4n) is 5.98. The maximum absolute atomic E-state index is 4.74. The maximum Gasteiger partial charge on any atom is 0.139 e. The smallest absolute Gasteiger partial charge is 0.139 e. The van der Waals surface area contributed by atoms with Gasteiger partial charge >= 0.3 is 0 Å². The Balaban J connectivity index is 1.56. The van der Waals surface area contributed by atoms with Gasteiger partial charge in [0.05, 0.1) is 0 Å². The number of hydrogen-bond acceptors (Lipinski definition) is 3. The largest absolute Gasteiger partial charge is 0.324 e. The number of nitrogens with one attached hydrogen (secondary N) is 1. The van der Waals surface area contributed by atoms with Gasteiger partial charge in [-0.3, -0.25) is 0 Å². The molecule has 0 spiro atoms. The molecule has 1 N–H and O–H groups in total. The lowest BCUT2D eigenvalue weighted by Gasteiger charge is -2.21. The summed E-state index contributed by atoms with van der Waals surface area (Å²) in [6.07, 6.45) is 3.79. The van der Waals surface area contributed by atoms with E-state index >= 15 is 0 Å². The van der Waals surface area contributed by atoms with Crippen LogP contribution in [0.3, 0.4) is 0 Å². The lowest BCUT2D eigenvalue weighted by Crippen LogP contribution is -2.02. The number of anilines is 2. The van der Waals surface area contributed by atoms with Gasteiger partial charge in [-0.15, -0.1) is 0 Å². The molecular weight excluding hydrogens is 498 g/mol. The van der Waals surface area contributed by atoms with Crippen molar-refractivity contribution in [2.24, 2.45) is 0 Å². The summed E-state index contributed by atoms with van der Waals surface area (Å²) in [6, 6.07) is 26.6. The summed E-state index contributed by atoms with van der Waals surface area (Å²) in [5.41, 5.74) is 10.7. The molecule has 0 saturated heterocycles. The summed E-state index contributed by atoms with van der Waals surface area (Å²) in [5.74, 6) is 3.38. The molecule has 0 unspecified atom stereocenters. The lowest BCUT2D eigenvalue weighted by molar-refractivity contribution is 0.838. The van der Waals surface area contributed by atoms with Gasteiger partial charge < -0.3 is 5.32 Å². The number of benzene rings is 3. The second-order valence-corrected chi connectivity index (χ2v) is 12.4. The van der Waals surface area contributed by atoms with Crippen molar-refractivity contribution in [3.63, 3.8) is 0 Å². The minimum absolute atomic E-state index is 0.430. The van der Waals surface area contributed by atoms with Crippen LogP contribution < -0.4 is 5.32 Å². The van der Waals surface area contributed by atoms with Gasteiger partial charge in [0.1, 0.15) is 11.6 Å². The summed E-state index contributed by atoms with van der Waals surface area (Å²) in [6.45, 7) is 18.2. The molecule has 2 heterocycles. The molecule has 0 fully saturated rings. The highest BCUT2D eigenvalue weighted by Gasteiger charge is 2.18. The second-order valence-electron chi connectivity index (χ2n) is 12.4. The molecule has 0 amide bonds. The number of hydrogen-bond donors (Lipinski definition) is 1. The fourth-order valence-corrected chi connectivity index (χ4v) is 5.98. The normalized spacial score (nSPS) is 11.8. The Morgan fingerprint density at radius 3 is 1.51 bits per heavy atom. The van der Waals surface area contributed by atoms with E-state index in [-0.39, 0.29) is 0 Å². The summed E-state index contributed by atoms with van der Waals surface area (Å²) in [4.78, 5) is 9.43. The van der Waals surface area contributed by atoms with E-state index in [9.17, 15) is 0 Å². The van der Waals surface area contributed by atoms with Crippen molar-refractivity contribution in [1.82, 2.24) is 9.97 Å². The highest BCUT2D eigenvalue weighted by atomic mass is 15.0. The molecule has 0 aliphatic rings. The maximum atomic E-state index is 4.74. The van der Waals surface area contributed by atoms with Crippen LogP contribution in [-0.4, -0.2) is 9.97 Å². The first-order valence-corrected chi connectivity index (χ1v) is 15.0. The number of nitrogens with zero attached hydrogens (tertiary/aromatic N) is 2. The highest BCUT2D eigenvalue weighted by molar-refractivity contribution is 5.96. The van der Waals surface area contributed by atoms with Crippen LogP contribution in [0.2, 0.25) is 0 Å². The predicted molar refractivity (Wildman–Crippen MR) is 176 cm³/mol. The van der Waals surface area contributed by atoms with Crippen molar-refractivity contribution in [2.45, 2.75) is 79.1 Å². The molecule has 0 radical (unpaired) electrons. The standard InChI is InChI=1S/C38H43N3/c1-23(2)30-11-9-12-31(24(3)4)36(30)28-15-16-34-27(21-28)17-20-40-38(34)41-35-22-29(18-19-39-35)37-32(25(5)6)13-10-14-33(37)26(7)8/h9-26H,1-8H3,(H,39,40,41). The summed E-state index contributed by atoms with van der Waals surface area (Å²) >= 11 is 0. The average Bonchev–Trinajstić information content (AvgIpc) is 2.96. The van der Waals surface area contributed by atoms with Gasteiger partial charge in [-0.2, -0.15) is 0 Å². The number of aromatic nitrogens is 2. The zero-order chi connectivity index (χ0) is 29.3. The van der Waals surface area contributed by atoms with Crippen LogP contribution in [0.15, 0.2) is 85.2 Å². The Bertz CT molecular complexity index is 1620. The van der Waals surface area contributed by atoms with E-state index in [0.29, 0.717) is 23.7 Å². The van der Waals surface area contributed by atoms with Gasteiger partial charge in [-0.25, -0.2) is 9.97 Å². The third-order valence-electron chi connectivity index (χ3n) is 8.09. The van der Waals surface area contributed by atoms with E-state index in [4.69, 9.17) is 9.97 Å². The number of pyridine rings is 2. The fraction of sp³-hybridized carbons (Fsp3) is 0.316. The zero-order valence-corrected chi connectivity index (χ0v) is 25.8. The molecule has 5 rings (SSSR count). The molecule has 3 nitrogen and oxygen atoms in total. The van der Waals surface area contributed by atoms with Gasteiger partial charge in [0.2, 0.25) is 0 Å². The third-order valence-corrected chi connectivity index (χ3v) is 8.09. The lowest BCUT2D eigenvalue weighted by atomic mass is 9.84. The Hall–Kier alpha value is -3.98. The van der Waals surface area contributed by atoms with E-state index in [0.717, 1.165) is 22.4 Å². The monoisotopic (exact) mass is 541 g/mol. The van der Waals surface area contributed by atoms with Gasteiger partial charge in [0.15, 0.2) is 0 Å². The Morgan fingerprint density at radius 1 is 0.512 bits per heavy atom. The molecule has 41 heavy (non-hydrogen) atoms. The van der Waals surface area contributed by atoms with E-state index in [1.165, 1.54) is 44.5 Å². The van der Waals surface area contributed by atoms with Crippen LogP contribution in [0.4, 0.5) is 11.6 Å². The third kappa shape index (κ3) is 5.77. The van der Waals surface area contributed by atoms with E-state index in [1.807, 2.05) is 12.4 Å². The summed E-state index contributed by atoms with van der Waals surface area (Å²) < 4.78 is 0. The van der Waals surface area contributed by atoms with Gasteiger partial charge in [-0.1, -0.05) is 104 Å². The van der Waals surface area contributed by atoms with E-state index < -0.39 is 0 Å². The van der Waals surface area contributed by atoms with Crippen molar-refractivity contribution in [3.8, 4) is 22.3 Å². The molecule has 5 aromatic rings. The van der Waals surface area contributed by atoms with Crippen LogP contribution in [-0.2, 0) is 0 Å². The van der Waals surface area contributed by atoms with Gasteiger partial charge in [0.25, 0.3) is 0 Å². The highest BCUT2D eigenvalue weighted by Crippen LogP contribution is 2.39. The van der Waals surface area contributed by atoms with E-state index in [2.05, 4.69) is 134 Å². The van der Waals surface area contributed by atoms with Gasteiger partial charge in [0, 0.05) is 17.8 Å². The van der Waals surface area contributed by atoms with Crippen molar-refractivity contribution in [1.29, 1.82) is 0 Å². The van der Waals surface area contributed by atoms with Gasteiger partial charge in [-0.05, 0) is 97.8 Å². The number of fused-ring (bicyclic) bond motifs is 1. The molecule has 3 heteroatoms. The molecule has 0 aliphatic heterocycles. The van der Waals surface area contributed by atoms with Crippen molar-refractivity contribution in [2.75, 3.05) is 5.32 Å². The molecule has 0 bridgehead atoms. The quantitative estimate of drug-likeness (QED) is 0.212. The first-order chi connectivity index (χ1) is 19.7. The minimum atomic E-state index is 0.430. The molecule has 3 aromatic carbocycles. The Kier molecular flexibility index (Phi) is 8.26. The Morgan fingerprint density at radius 2 is 1.00 bits per heavy atom. The molecule has 0 saturated carbocycles. The van der Waals surface area contributed by atoms with Crippen LogP contribution in [0, 0.1) is 0 Å². The van der Waals surface area contributed by atoms with Crippen LogP contribution in [0.25, 0.3) is 33.0 Å². The average molecular weight is 542 g/mol. The topological polar surface area (TPSA) is 37.8 Å². The first kappa shape index (κ1) is 28.5.